The van der Waals surface area contributed by atoms with Gasteiger partial charge in [-0.1, -0.05) is 66.7 Å². The lowest BCUT2D eigenvalue weighted by atomic mass is 9.91. The molecule has 3 aromatic rings. The Labute approximate surface area is 172 Å². The summed E-state index contributed by atoms with van der Waals surface area (Å²) in [6, 6.07) is 26.5. The van der Waals surface area contributed by atoms with E-state index in [1.165, 1.54) is 9.87 Å². The topological polar surface area (TPSA) is 46.6 Å². The number of allylic oxidation sites excluding steroid dienone is 1. The lowest BCUT2D eigenvalue weighted by molar-refractivity contribution is 0.414. The van der Waals surface area contributed by atoms with Crippen LogP contribution in [0.25, 0.3) is 5.70 Å². The predicted octanol–water partition coefficient (Wildman–Crippen LogP) is 4.91. The molecule has 0 fully saturated rings. The number of rotatable bonds is 5. The number of ether oxygens (including phenoxy) is 1. The SMILES string of the molecule is COc1ccc(S(=O)(=O)N2CCC(c3ccccc3)C=C2c2ccccc2)cc1. The second-order valence-electron chi connectivity index (χ2n) is 6.98. The van der Waals surface area contributed by atoms with Crippen LogP contribution in [0.2, 0.25) is 0 Å². The van der Waals surface area contributed by atoms with E-state index in [9.17, 15) is 8.42 Å². The standard InChI is InChI=1S/C24H23NO3S/c1-28-22-12-14-23(15-13-22)29(26,27)25-17-16-21(19-8-4-2-5-9-19)18-24(25)20-10-6-3-7-11-20/h2-15,18,21H,16-17H2,1H3. The largest absolute Gasteiger partial charge is 0.497 e. The molecule has 4 rings (SSSR count). The van der Waals surface area contributed by atoms with E-state index >= 15 is 0 Å². The van der Waals surface area contributed by atoms with Gasteiger partial charge in [0.05, 0.1) is 17.7 Å². The fourth-order valence-corrected chi connectivity index (χ4v) is 5.18. The zero-order valence-corrected chi connectivity index (χ0v) is 17.0. The lowest BCUT2D eigenvalue weighted by Gasteiger charge is -2.33. The van der Waals surface area contributed by atoms with Crippen molar-refractivity contribution in [1.29, 1.82) is 0 Å². The Morgan fingerprint density at radius 1 is 0.862 bits per heavy atom. The summed E-state index contributed by atoms with van der Waals surface area (Å²) in [5.41, 5.74) is 2.81. The molecule has 29 heavy (non-hydrogen) atoms. The number of methoxy groups -OCH3 is 1. The summed E-state index contributed by atoms with van der Waals surface area (Å²) >= 11 is 0. The summed E-state index contributed by atoms with van der Waals surface area (Å²) in [4.78, 5) is 0.262. The van der Waals surface area contributed by atoms with Gasteiger partial charge in [-0.2, -0.15) is 0 Å². The summed E-state index contributed by atoms with van der Waals surface area (Å²) in [5, 5.41) is 0. The minimum absolute atomic E-state index is 0.175. The van der Waals surface area contributed by atoms with Gasteiger partial charge < -0.3 is 4.74 Å². The molecule has 0 bridgehead atoms. The van der Waals surface area contributed by atoms with E-state index in [4.69, 9.17) is 4.74 Å². The maximum Gasteiger partial charge on any atom is 0.264 e. The van der Waals surface area contributed by atoms with Crippen LogP contribution in [-0.2, 0) is 10.0 Å². The van der Waals surface area contributed by atoms with Crippen LogP contribution in [0, 0.1) is 0 Å². The highest BCUT2D eigenvalue weighted by Crippen LogP contribution is 2.37. The monoisotopic (exact) mass is 405 g/mol. The highest BCUT2D eigenvalue weighted by atomic mass is 32.2. The Morgan fingerprint density at radius 3 is 2.10 bits per heavy atom. The summed E-state index contributed by atoms with van der Waals surface area (Å²) in [7, 11) is -2.12. The molecule has 4 nitrogen and oxygen atoms in total. The fraction of sp³-hybridized carbons (Fsp3) is 0.167. The molecular formula is C24H23NO3S. The number of nitrogens with zero attached hydrogens (tertiary/aromatic N) is 1. The van der Waals surface area contributed by atoms with E-state index in [2.05, 4.69) is 18.2 Å². The third-order valence-electron chi connectivity index (χ3n) is 5.22. The summed E-state index contributed by atoms with van der Waals surface area (Å²) < 4.78 is 33.6. The maximum absolute atomic E-state index is 13.5. The van der Waals surface area contributed by atoms with Crippen LogP contribution in [0.5, 0.6) is 5.75 Å². The van der Waals surface area contributed by atoms with Crippen molar-refractivity contribution in [3.05, 3.63) is 102 Å². The molecule has 0 aromatic heterocycles. The minimum Gasteiger partial charge on any atom is -0.497 e. The normalized spacial score (nSPS) is 16.9. The number of hydrogen-bond acceptors (Lipinski definition) is 3. The van der Waals surface area contributed by atoms with Gasteiger partial charge in [-0.3, -0.25) is 4.31 Å². The van der Waals surface area contributed by atoms with Crippen molar-refractivity contribution in [3.63, 3.8) is 0 Å². The maximum atomic E-state index is 13.5. The second-order valence-corrected chi connectivity index (χ2v) is 8.84. The fourth-order valence-electron chi connectivity index (χ4n) is 3.67. The first-order valence-electron chi connectivity index (χ1n) is 9.58. The van der Waals surface area contributed by atoms with Gasteiger partial charge in [-0.15, -0.1) is 0 Å². The van der Waals surface area contributed by atoms with Crippen molar-refractivity contribution in [2.75, 3.05) is 13.7 Å². The Hall–Kier alpha value is -3.05. The van der Waals surface area contributed by atoms with Crippen molar-refractivity contribution in [3.8, 4) is 5.75 Å². The van der Waals surface area contributed by atoms with Crippen LogP contribution in [0.1, 0.15) is 23.5 Å². The van der Waals surface area contributed by atoms with Crippen molar-refractivity contribution in [2.24, 2.45) is 0 Å². The van der Waals surface area contributed by atoms with E-state index in [0.717, 1.165) is 17.7 Å². The third kappa shape index (κ3) is 3.91. The van der Waals surface area contributed by atoms with E-state index in [0.29, 0.717) is 12.3 Å². The first-order chi connectivity index (χ1) is 14.1. The highest BCUT2D eigenvalue weighted by molar-refractivity contribution is 7.89. The molecule has 3 aromatic carbocycles. The zero-order chi connectivity index (χ0) is 20.3. The van der Waals surface area contributed by atoms with Crippen LogP contribution in [0.15, 0.2) is 95.9 Å². The van der Waals surface area contributed by atoms with Gasteiger partial charge in [0.1, 0.15) is 5.75 Å². The van der Waals surface area contributed by atoms with Gasteiger partial charge in [-0.25, -0.2) is 8.42 Å². The molecule has 1 heterocycles. The van der Waals surface area contributed by atoms with E-state index in [1.54, 1.807) is 31.4 Å². The van der Waals surface area contributed by atoms with E-state index < -0.39 is 10.0 Å². The van der Waals surface area contributed by atoms with Gasteiger partial charge in [-0.05, 0) is 41.8 Å². The molecule has 0 aliphatic carbocycles. The van der Waals surface area contributed by atoms with Crippen molar-refractivity contribution < 1.29 is 13.2 Å². The smallest absolute Gasteiger partial charge is 0.264 e. The van der Waals surface area contributed by atoms with Crippen LogP contribution >= 0.6 is 0 Å². The quantitative estimate of drug-likeness (QED) is 0.606. The third-order valence-corrected chi connectivity index (χ3v) is 7.04. The van der Waals surface area contributed by atoms with E-state index in [-0.39, 0.29) is 10.8 Å². The van der Waals surface area contributed by atoms with Crippen molar-refractivity contribution >= 4 is 15.7 Å². The zero-order valence-electron chi connectivity index (χ0n) is 16.2. The summed E-state index contributed by atoms with van der Waals surface area (Å²) in [6.45, 7) is 0.425. The van der Waals surface area contributed by atoms with Crippen LogP contribution in [0.4, 0.5) is 0 Å². The van der Waals surface area contributed by atoms with Crippen LogP contribution in [-0.4, -0.2) is 26.4 Å². The Bertz CT molecular complexity index is 1090. The molecule has 148 valence electrons. The molecule has 1 aliphatic heterocycles. The highest BCUT2D eigenvalue weighted by Gasteiger charge is 2.31. The number of benzene rings is 3. The molecule has 1 atom stereocenters. The average Bonchev–Trinajstić information content (AvgIpc) is 2.80. The number of sulfonamides is 1. The molecule has 0 radical (unpaired) electrons. The lowest BCUT2D eigenvalue weighted by Crippen LogP contribution is -2.34. The second kappa shape index (κ2) is 8.13. The molecule has 1 unspecified atom stereocenters. The number of hydrogen-bond donors (Lipinski definition) is 0. The molecule has 5 heteroatoms. The van der Waals surface area contributed by atoms with Gasteiger partial charge in [0.2, 0.25) is 0 Å². The molecule has 0 saturated carbocycles. The van der Waals surface area contributed by atoms with E-state index in [1.807, 2.05) is 48.5 Å². The molecule has 0 spiro atoms. The van der Waals surface area contributed by atoms with Gasteiger partial charge >= 0.3 is 0 Å². The van der Waals surface area contributed by atoms with Crippen LogP contribution in [0.3, 0.4) is 0 Å². The molecule has 0 amide bonds. The molecule has 1 aliphatic rings. The summed E-state index contributed by atoms with van der Waals surface area (Å²) in [6.07, 6.45) is 2.81. The minimum atomic E-state index is -3.68. The first-order valence-corrected chi connectivity index (χ1v) is 11.0. The average molecular weight is 406 g/mol. The molecule has 0 saturated heterocycles. The van der Waals surface area contributed by atoms with Gasteiger partial charge in [0.25, 0.3) is 10.0 Å². The first kappa shape index (κ1) is 19.3. The molecular weight excluding hydrogens is 382 g/mol. The molecule has 0 N–H and O–H groups in total. The van der Waals surface area contributed by atoms with Gasteiger partial charge in [0.15, 0.2) is 0 Å². The van der Waals surface area contributed by atoms with Crippen LogP contribution < -0.4 is 4.74 Å². The Morgan fingerprint density at radius 2 is 1.48 bits per heavy atom. The van der Waals surface area contributed by atoms with Crippen molar-refractivity contribution in [1.82, 2.24) is 4.31 Å². The summed E-state index contributed by atoms with van der Waals surface area (Å²) in [5.74, 6) is 0.805. The Kier molecular flexibility index (Phi) is 5.41. The van der Waals surface area contributed by atoms with Crippen molar-refractivity contribution in [2.45, 2.75) is 17.2 Å². The van der Waals surface area contributed by atoms with Gasteiger partial charge in [0, 0.05) is 12.5 Å². The Balaban J connectivity index is 1.77. The predicted molar refractivity (Wildman–Crippen MR) is 115 cm³/mol.